The Balaban J connectivity index is 1.48. The predicted octanol–water partition coefficient (Wildman–Crippen LogP) is 1.81. The van der Waals surface area contributed by atoms with Gasteiger partial charge in [-0.25, -0.2) is 28.2 Å². The number of ether oxygens (including phenoxy) is 1. The third kappa shape index (κ3) is 3.49. The molecule has 158 valence electrons. The van der Waals surface area contributed by atoms with Crippen LogP contribution in [-0.4, -0.2) is 69.8 Å². The maximum atomic E-state index is 13.4. The molecule has 0 radical (unpaired) electrons. The normalized spacial score (nSPS) is 20.8. The number of nitrogens with one attached hydrogen (secondary N) is 2. The quantitative estimate of drug-likeness (QED) is 0.651. The molecule has 2 aliphatic rings. The number of hydrogen-bond acceptors (Lipinski definition) is 8. The average molecular weight is 416 g/mol. The highest BCUT2D eigenvalue weighted by Gasteiger charge is 2.45. The minimum Gasteiger partial charge on any atom is -0.493 e. The Kier molecular flexibility index (Phi) is 4.61. The van der Waals surface area contributed by atoms with E-state index < -0.39 is 5.92 Å². The molecular formula is C19H22F2N8O. The van der Waals surface area contributed by atoms with Crippen molar-refractivity contribution in [3.05, 3.63) is 24.5 Å². The number of halogens is 2. The first-order chi connectivity index (χ1) is 14.5. The molecule has 0 aliphatic carbocycles. The van der Waals surface area contributed by atoms with Crippen LogP contribution in [0.5, 0.6) is 5.75 Å². The Morgan fingerprint density at radius 1 is 1.30 bits per heavy atom. The van der Waals surface area contributed by atoms with Crippen LogP contribution in [0.15, 0.2) is 24.5 Å². The van der Waals surface area contributed by atoms with Crippen LogP contribution in [-0.2, 0) is 0 Å². The third-order valence-corrected chi connectivity index (χ3v) is 5.35. The van der Waals surface area contributed by atoms with Crippen LogP contribution in [0, 0.1) is 0 Å². The van der Waals surface area contributed by atoms with E-state index >= 15 is 0 Å². The van der Waals surface area contributed by atoms with E-state index in [9.17, 15) is 8.78 Å². The molecule has 3 aromatic rings. The molecule has 9 nitrogen and oxygen atoms in total. The molecule has 2 N–H and O–H groups in total. The number of rotatable bonds is 5. The van der Waals surface area contributed by atoms with E-state index in [1.807, 2.05) is 0 Å². The smallest absolute Gasteiger partial charge is 0.282 e. The van der Waals surface area contributed by atoms with Gasteiger partial charge in [-0.3, -0.25) is 0 Å². The Morgan fingerprint density at radius 2 is 2.17 bits per heavy atom. The molecule has 5 heterocycles. The zero-order valence-corrected chi connectivity index (χ0v) is 16.5. The fourth-order valence-electron chi connectivity index (χ4n) is 3.82. The van der Waals surface area contributed by atoms with Crippen LogP contribution in [0.1, 0.15) is 12.8 Å². The Bertz CT molecular complexity index is 1060. The molecule has 0 aromatic carbocycles. The molecule has 0 spiro atoms. The van der Waals surface area contributed by atoms with Crippen LogP contribution in [0.25, 0.3) is 17.0 Å². The van der Waals surface area contributed by atoms with Crippen LogP contribution in [0.3, 0.4) is 0 Å². The topological polar surface area (TPSA) is 92.5 Å². The van der Waals surface area contributed by atoms with Gasteiger partial charge in [-0.2, -0.15) is 0 Å². The maximum absolute atomic E-state index is 13.4. The summed E-state index contributed by atoms with van der Waals surface area (Å²) < 4.78 is 33.7. The van der Waals surface area contributed by atoms with E-state index in [-0.39, 0.29) is 19.1 Å². The molecule has 5 rings (SSSR count). The van der Waals surface area contributed by atoms with Crippen molar-refractivity contribution >= 4 is 17.4 Å². The van der Waals surface area contributed by atoms with Gasteiger partial charge in [-0.05, 0) is 25.5 Å². The van der Waals surface area contributed by atoms with Crippen molar-refractivity contribution in [3.63, 3.8) is 0 Å². The second-order valence-electron chi connectivity index (χ2n) is 7.61. The van der Waals surface area contributed by atoms with E-state index in [0.717, 1.165) is 25.9 Å². The lowest BCUT2D eigenvalue weighted by Crippen LogP contribution is -2.56. The summed E-state index contributed by atoms with van der Waals surface area (Å²) in [5.74, 6) is -1.41. The van der Waals surface area contributed by atoms with Gasteiger partial charge in [0.2, 0.25) is 5.95 Å². The maximum Gasteiger partial charge on any atom is 0.282 e. The third-order valence-electron chi connectivity index (χ3n) is 5.35. The minimum absolute atomic E-state index is 0.276. The van der Waals surface area contributed by atoms with E-state index in [1.54, 1.807) is 29.0 Å². The summed E-state index contributed by atoms with van der Waals surface area (Å²) >= 11 is 0. The van der Waals surface area contributed by atoms with Gasteiger partial charge in [-0.1, -0.05) is 0 Å². The highest BCUT2D eigenvalue weighted by Crippen LogP contribution is 2.36. The van der Waals surface area contributed by atoms with Gasteiger partial charge in [0, 0.05) is 24.8 Å². The first-order valence-electron chi connectivity index (χ1n) is 9.89. The monoisotopic (exact) mass is 416 g/mol. The van der Waals surface area contributed by atoms with Gasteiger partial charge in [-0.15, -0.1) is 5.10 Å². The predicted molar refractivity (Wildman–Crippen MR) is 107 cm³/mol. The Hall–Kier alpha value is -3.08. The molecular weight excluding hydrogens is 394 g/mol. The van der Waals surface area contributed by atoms with Crippen LogP contribution in [0.2, 0.25) is 0 Å². The molecule has 2 aliphatic heterocycles. The highest BCUT2D eigenvalue weighted by atomic mass is 19.3. The van der Waals surface area contributed by atoms with Gasteiger partial charge in [0.1, 0.15) is 5.69 Å². The molecule has 11 heteroatoms. The van der Waals surface area contributed by atoms with E-state index in [2.05, 4.69) is 30.7 Å². The number of alkyl halides is 2. The lowest BCUT2D eigenvalue weighted by atomic mass is 10.1. The van der Waals surface area contributed by atoms with Crippen molar-refractivity contribution in [3.8, 4) is 17.1 Å². The van der Waals surface area contributed by atoms with Gasteiger partial charge in [0.15, 0.2) is 17.2 Å². The van der Waals surface area contributed by atoms with Crippen molar-refractivity contribution in [2.45, 2.75) is 24.8 Å². The van der Waals surface area contributed by atoms with Crippen molar-refractivity contribution in [1.82, 2.24) is 29.9 Å². The van der Waals surface area contributed by atoms with E-state index in [0.29, 0.717) is 34.6 Å². The van der Waals surface area contributed by atoms with Crippen molar-refractivity contribution in [2.75, 3.05) is 43.5 Å². The zero-order chi connectivity index (χ0) is 20.7. The summed E-state index contributed by atoms with van der Waals surface area (Å²) in [6.07, 6.45) is 5.50. The average Bonchev–Trinajstić information content (AvgIpc) is 3.15. The Labute approximate surface area is 171 Å². The molecule has 0 unspecified atom stereocenters. The molecule has 2 saturated heterocycles. The number of piperidine rings is 1. The fraction of sp³-hybridized carbons (Fsp3) is 0.474. The molecule has 2 fully saturated rings. The Morgan fingerprint density at radius 3 is 2.90 bits per heavy atom. The summed E-state index contributed by atoms with van der Waals surface area (Å²) in [5.41, 5.74) is 1.83. The number of fused-ring (bicyclic) bond motifs is 1. The first kappa shape index (κ1) is 18.9. The number of aromatic nitrogens is 5. The molecule has 0 saturated carbocycles. The number of methoxy groups -OCH3 is 1. The second kappa shape index (κ2) is 7.31. The molecule has 30 heavy (non-hydrogen) atoms. The van der Waals surface area contributed by atoms with Gasteiger partial charge in [0.05, 0.1) is 32.1 Å². The number of anilines is 2. The van der Waals surface area contributed by atoms with E-state index in [4.69, 9.17) is 4.74 Å². The number of imidazole rings is 1. The van der Waals surface area contributed by atoms with Crippen LogP contribution in [0.4, 0.5) is 20.5 Å². The summed E-state index contributed by atoms with van der Waals surface area (Å²) in [7, 11) is 1.49. The molecule has 0 bridgehead atoms. The minimum atomic E-state index is -2.71. The van der Waals surface area contributed by atoms with Crippen molar-refractivity contribution < 1.29 is 13.5 Å². The second-order valence-corrected chi connectivity index (χ2v) is 7.61. The lowest BCUT2D eigenvalue weighted by molar-refractivity contribution is -0.0270. The van der Waals surface area contributed by atoms with Crippen molar-refractivity contribution in [1.29, 1.82) is 0 Å². The molecule has 0 amide bonds. The van der Waals surface area contributed by atoms with E-state index in [1.165, 1.54) is 12.0 Å². The van der Waals surface area contributed by atoms with Gasteiger partial charge < -0.3 is 20.3 Å². The number of hydrogen-bond donors (Lipinski definition) is 2. The highest BCUT2D eigenvalue weighted by molar-refractivity contribution is 5.65. The van der Waals surface area contributed by atoms with Crippen LogP contribution >= 0.6 is 0 Å². The summed E-state index contributed by atoms with van der Waals surface area (Å²) in [4.78, 5) is 14.8. The van der Waals surface area contributed by atoms with Gasteiger partial charge in [0.25, 0.3) is 5.92 Å². The van der Waals surface area contributed by atoms with Gasteiger partial charge >= 0.3 is 0 Å². The molecule has 3 aromatic heterocycles. The first-order valence-corrected chi connectivity index (χ1v) is 9.89. The summed E-state index contributed by atoms with van der Waals surface area (Å²) in [6, 6.07) is 3.74. The number of nitrogens with zero attached hydrogens (tertiary/aromatic N) is 6. The fourth-order valence-corrected chi connectivity index (χ4v) is 3.82. The largest absolute Gasteiger partial charge is 0.493 e. The van der Waals surface area contributed by atoms with Crippen molar-refractivity contribution in [2.24, 2.45) is 0 Å². The van der Waals surface area contributed by atoms with Crippen LogP contribution < -0.4 is 20.3 Å². The zero-order valence-electron chi connectivity index (χ0n) is 16.5. The lowest BCUT2D eigenvalue weighted by Gasteiger charge is -2.39. The SMILES string of the molecule is COc1cc2ncc(-c3ccnc(N[C@@H]4CCCNC4)n3)n2nc1N1CC(F)(F)C1. The standard InChI is InChI=1S/C19H22F2N8O/c1-30-15-7-16-24-9-14(29(16)27-17(15)28-10-19(20,21)11-28)13-4-6-23-18(26-13)25-12-3-2-5-22-8-12/h4,6-7,9,12,22H,2-3,5,8,10-11H2,1H3,(H,23,25,26)/t12-/m1/s1. The summed E-state index contributed by atoms with van der Waals surface area (Å²) in [5, 5.41) is 11.3. The molecule has 1 atom stereocenters. The summed E-state index contributed by atoms with van der Waals surface area (Å²) in [6.45, 7) is 1.13.